The van der Waals surface area contributed by atoms with Gasteiger partial charge < -0.3 is 5.84 Å². The fourth-order valence-corrected chi connectivity index (χ4v) is 2.23. The lowest BCUT2D eigenvalue weighted by Gasteiger charge is -2.06. The molecular weight excluding hydrogens is 246 g/mol. The van der Waals surface area contributed by atoms with Crippen molar-refractivity contribution in [1.82, 2.24) is 4.98 Å². The molecule has 3 nitrogen and oxygen atoms in total. The lowest BCUT2D eigenvalue weighted by Crippen LogP contribution is -2.09. The van der Waals surface area contributed by atoms with Gasteiger partial charge in [0.1, 0.15) is 0 Å². The number of hydrazone groups is 1. The largest absolute Gasteiger partial charge is 0.323 e. The van der Waals surface area contributed by atoms with Crippen LogP contribution in [0, 0.1) is 0 Å². The van der Waals surface area contributed by atoms with Crippen molar-refractivity contribution in [3.63, 3.8) is 0 Å². The van der Waals surface area contributed by atoms with Gasteiger partial charge in [-0.05, 0) is 17.7 Å². The molecule has 20 heavy (non-hydrogen) atoms. The molecule has 3 rings (SSSR count). The second-order valence-corrected chi connectivity index (χ2v) is 4.61. The minimum atomic E-state index is 0.630. The van der Waals surface area contributed by atoms with Crippen molar-refractivity contribution in [3.8, 4) is 0 Å². The maximum Gasteiger partial charge on any atom is 0.0732 e. The van der Waals surface area contributed by atoms with Crippen molar-refractivity contribution in [2.45, 2.75) is 6.42 Å². The molecule has 0 spiro atoms. The van der Waals surface area contributed by atoms with Crippen LogP contribution in [0.2, 0.25) is 0 Å². The van der Waals surface area contributed by atoms with Gasteiger partial charge >= 0.3 is 0 Å². The summed E-state index contributed by atoms with van der Waals surface area (Å²) >= 11 is 0. The number of rotatable bonds is 3. The number of benzene rings is 2. The van der Waals surface area contributed by atoms with Crippen LogP contribution < -0.4 is 5.84 Å². The number of pyridine rings is 1. The standard InChI is InChI=1S/C17H15N3/c18-20-17(13-6-2-1-3-7-13)12-15-11-10-14-8-4-5-9-16(14)19-15/h1-11H,12,18H2. The second-order valence-electron chi connectivity index (χ2n) is 4.61. The minimum absolute atomic E-state index is 0.630. The molecule has 2 aromatic carbocycles. The monoisotopic (exact) mass is 261 g/mol. The van der Waals surface area contributed by atoms with Crippen molar-refractivity contribution in [2.75, 3.05) is 0 Å². The summed E-state index contributed by atoms with van der Waals surface area (Å²) in [6, 6.07) is 22.1. The quantitative estimate of drug-likeness (QED) is 0.447. The molecule has 2 N–H and O–H groups in total. The molecule has 0 amide bonds. The van der Waals surface area contributed by atoms with Gasteiger partial charge in [-0.1, -0.05) is 54.6 Å². The van der Waals surface area contributed by atoms with Crippen LogP contribution in [0.3, 0.4) is 0 Å². The lowest BCUT2D eigenvalue weighted by atomic mass is 10.0. The Morgan fingerprint density at radius 1 is 0.900 bits per heavy atom. The molecule has 0 radical (unpaired) electrons. The van der Waals surface area contributed by atoms with Gasteiger partial charge in [0.2, 0.25) is 0 Å². The van der Waals surface area contributed by atoms with E-state index >= 15 is 0 Å². The molecule has 0 aliphatic carbocycles. The molecule has 0 bridgehead atoms. The number of nitrogens with zero attached hydrogens (tertiary/aromatic N) is 2. The van der Waals surface area contributed by atoms with Crippen LogP contribution in [0.5, 0.6) is 0 Å². The fraction of sp³-hybridized carbons (Fsp3) is 0.0588. The number of hydrogen-bond donors (Lipinski definition) is 1. The predicted octanol–water partition coefficient (Wildman–Crippen LogP) is 3.14. The topological polar surface area (TPSA) is 51.3 Å². The van der Waals surface area contributed by atoms with Crippen molar-refractivity contribution in [1.29, 1.82) is 0 Å². The molecule has 0 aliphatic heterocycles. The molecule has 0 unspecified atom stereocenters. The molecule has 0 saturated heterocycles. The molecule has 0 atom stereocenters. The Bertz CT molecular complexity index is 748. The first kappa shape index (κ1) is 12.4. The van der Waals surface area contributed by atoms with E-state index < -0.39 is 0 Å². The Labute approximate surface area is 117 Å². The van der Waals surface area contributed by atoms with E-state index in [0.29, 0.717) is 6.42 Å². The smallest absolute Gasteiger partial charge is 0.0732 e. The first-order valence-corrected chi connectivity index (χ1v) is 6.53. The first-order valence-electron chi connectivity index (χ1n) is 6.53. The molecular formula is C17H15N3. The van der Waals surface area contributed by atoms with E-state index in [-0.39, 0.29) is 0 Å². The average molecular weight is 261 g/mol. The van der Waals surface area contributed by atoms with E-state index in [4.69, 9.17) is 5.84 Å². The molecule has 0 fully saturated rings. The Hall–Kier alpha value is -2.68. The zero-order valence-corrected chi connectivity index (χ0v) is 11.0. The van der Waals surface area contributed by atoms with Gasteiger partial charge in [0.05, 0.1) is 11.2 Å². The Morgan fingerprint density at radius 2 is 1.65 bits per heavy atom. The van der Waals surface area contributed by atoms with Crippen LogP contribution in [0.15, 0.2) is 71.8 Å². The van der Waals surface area contributed by atoms with Crippen LogP contribution in [0.25, 0.3) is 10.9 Å². The van der Waals surface area contributed by atoms with Crippen molar-refractivity contribution < 1.29 is 0 Å². The van der Waals surface area contributed by atoms with Crippen LogP contribution in [0.4, 0.5) is 0 Å². The SMILES string of the molecule is NN=C(Cc1ccc2ccccc2n1)c1ccccc1. The highest BCUT2D eigenvalue weighted by Gasteiger charge is 2.06. The molecule has 1 aromatic heterocycles. The Balaban J connectivity index is 1.92. The van der Waals surface area contributed by atoms with Gasteiger partial charge in [0.15, 0.2) is 0 Å². The summed E-state index contributed by atoms with van der Waals surface area (Å²) in [6.45, 7) is 0. The molecule has 0 aliphatic rings. The van der Waals surface area contributed by atoms with Gasteiger partial charge in [-0.3, -0.25) is 4.98 Å². The normalized spacial score (nSPS) is 11.7. The van der Waals surface area contributed by atoms with Gasteiger partial charge in [0, 0.05) is 17.5 Å². The number of nitrogens with two attached hydrogens (primary N) is 1. The number of aromatic nitrogens is 1. The highest BCUT2D eigenvalue weighted by Crippen LogP contribution is 2.13. The summed E-state index contributed by atoms with van der Waals surface area (Å²) in [4.78, 5) is 4.65. The van der Waals surface area contributed by atoms with E-state index in [1.165, 1.54) is 0 Å². The molecule has 98 valence electrons. The van der Waals surface area contributed by atoms with Crippen molar-refractivity contribution in [3.05, 3.63) is 78.0 Å². The average Bonchev–Trinajstić information content (AvgIpc) is 2.53. The summed E-state index contributed by atoms with van der Waals surface area (Å²) in [5, 5.41) is 5.05. The van der Waals surface area contributed by atoms with Crippen LogP contribution in [-0.2, 0) is 6.42 Å². The second kappa shape index (κ2) is 5.53. The first-order chi connectivity index (χ1) is 9.86. The Morgan fingerprint density at radius 3 is 2.45 bits per heavy atom. The van der Waals surface area contributed by atoms with E-state index in [2.05, 4.69) is 22.2 Å². The minimum Gasteiger partial charge on any atom is -0.323 e. The molecule has 0 saturated carbocycles. The lowest BCUT2D eigenvalue weighted by molar-refractivity contribution is 1.14. The van der Waals surface area contributed by atoms with Gasteiger partial charge in [0.25, 0.3) is 0 Å². The van der Waals surface area contributed by atoms with Gasteiger partial charge in [-0.25, -0.2) is 0 Å². The highest BCUT2D eigenvalue weighted by molar-refractivity contribution is 6.01. The summed E-state index contributed by atoms with van der Waals surface area (Å²) in [5.74, 6) is 5.53. The Kier molecular flexibility index (Phi) is 3.42. The third kappa shape index (κ3) is 2.52. The maximum absolute atomic E-state index is 5.53. The van der Waals surface area contributed by atoms with E-state index in [1.807, 2.05) is 54.6 Å². The fourth-order valence-electron chi connectivity index (χ4n) is 2.23. The van der Waals surface area contributed by atoms with Crippen LogP contribution in [-0.4, -0.2) is 10.7 Å². The van der Waals surface area contributed by atoms with Gasteiger partial charge in [-0.15, -0.1) is 0 Å². The number of para-hydroxylation sites is 1. The molecule has 1 heterocycles. The van der Waals surface area contributed by atoms with E-state index in [0.717, 1.165) is 27.9 Å². The van der Waals surface area contributed by atoms with E-state index in [1.54, 1.807) is 0 Å². The van der Waals surface area contributed by atoms with Crippen molar-refractivity contribution >= 4 is 16.6 Å². The summed E-state index contributed by atoms with van der Waals surface area (Å²) in [6.07, 6.45) is 0.630. The van der Waals surface area contributed by atoms with E-state index in [9.17, 15) is 0 Å². The third-order valence-electron chi connectivity index (χ3n) is 3.27. The molecule has 3 aromatic rings. The highest BCUT2D eigenvalue weighted by atomic mass is 15.1. The zero-order valence-electron chi connectivity index (χ0n) is 11.0. The van der Waals surface area contributed by atoms with Crippen LogP contribution >= 0.6 is 0 Å². The summed E-state index contributed by atoms with van der Waals surface area (Å²) < 4.78 is 0. The predicted molar refractivity (Wildman–Crippen MR) is 82.6 cm³/mol. The van der Waals surface area contributed by atoms with Gasteiger partial charge in [-0.2, -0.15) is 5.10 Å². The molecule has 3 heteroatoms. The number of hydrogen-bond acceptors (Lipinski definition) is 3. The third-order valence-corrected chi connectivity index (χ3v) is 3.27. The summed E-state index contributed by atoms with van der Waals surface area (Å²) in [7, 11) is 0. The number of fused-ring (bicyclic) bond motifs is 1. The zero-order chi connectivity index (χ0) is 13.8. The van der Waals surface area contributed by atoms with Crippen LogP contribution in [0.1, 0.15) is 11.3 Å². The summed E-state index contributed by atoms with van der Waals surface area (Å²) in [5.41, 5.74) is 3.84. The van der Waals surface area contributed by atoms with Crippen molar-refractivity contribution in [2.24, 2.45) is 10.9 Å². The maximum atomic E-state index is 5.53.